The zero-order valence-electron chi connectivity index (χ0n) is 5.09. The smallest absolute Gasteiger partial charge is 0.203 e. The van der Waals surface area contributed by atoms with Crippen LogP contribution in [0.1, 0.15) is 13.3 Å². The highest BCUT2D eigenvalue weighted by Gasteiger charge is 2.29. The Hall–Kier alpha value is -0.990. The van der Waals surface area contributed by atoms with Crippen LogP contribution in [-0.2, 0) is 4.79 Å². The summed E-state index contributed by atoms with van der Waals surface area (Å²) < 4.78 is 0. The quantitative estimate of drug-likeness (QED) is 0.510. The fraction of sp³-hybridized carbons (Fsp3) is 0.500. The maximum absolute atomic E-state index is 10.6. The number of allylic oxidation sites excluding steroid dienone is 2. The summed E-state index contributed by atoms with van der Waals surface area (Å²) >= 11 is 0. The van der Waals surface area contributed by atoms with E-state index in [1.165, 1.54) is 0 Å². The molecule has 1 unspecified atom stereocenters. The number of rotatable bonds is 0. The third-order valence-corrected chi connectivity index (χ3v) is 1.45. The number of carbonyl (C=O) groups excluding carboxylic acids is 1. The highest BCUT2D eigenvalue weighted by molar-refractivity contribution is 5.97. The predicted octanol–water partition coefficient (Wildman–Crippen LogP) is 0.923. The molecule has 2 N–H and O–H groups in total. The summed E-state index contributed by atoms with van der Waals surface area (Å²) in [6, 6.07) is 0. The Morgan fingerprint density at radius 1 is 1.56 bits per heavy atom. The number of hydrogen-bond donors (Lipinski definition) is 2. The first-order valence-electron chi connectivity index (χ1n) is 2.78. The number of ketones is 1. The number of aliphatic hydroxyl groups excluding tert-OH is 2. The summed E-state index contributed by atoms with van der Waals surface area (Å²) in [4.78, 5) is 10.6. The van der Waals surface area contributed by atoms with Gasteiger partial charge in [-0.3, -0.25) is 4.79 Å². The van der Waals surface area contributed by atoms with Crippen molar-refractivity contribution in [3.63, 3.8) is 0 Å². The van der Waals surface area contributed by atoms with Crippen molar-refractivity contribution < 1.29 is 15.0 Å². The molecule has 9 heavy (non-hydrogen) atoms. The summed E-state index contributed by atoms with van der Waals surface area (Å²) in [5, 5.41) is 17.5. The third kappa shape index (κ3) is 0.781. The van der Waals surface area contributed by atoms with Crippen molar-refractivity contribution in [2.24, 2.45) is 5.92 Å². The van der Waals surface area contributed by atoms with Gasteiger partial charge in [-0.25, -0.2) is 0 Å². The number of Topliss-reactive ketones (excluding diaryl/α,β-unsaturated/α-hetero) is 1. The van der Waals surface area contributed by atoms with Crippen LogP contribution in [0.4, 0.5) is 0 Å². The Morgan fingerprint density at radius 3 is 2.22 bits per heavy atom. The van der Waals surface area contributed by atoms with Crippen LogP contribution >= 0.6 is 0 Å². The Bertz CT molecular complexity index is 181. The van der Waals surface area contributed by atoms with E-state index in [0.717, 1.165) is 0 Å². The van der Waals surface area contributed by atoms with Crippen LogP contribution in [0.15, 0.2) is 11.5 Å². The molecule has 1 aliphatic carbocycles. The summed E-state index contributed by atoms with van der Waals surface area (Å²) in [6.07, 6.45) is 0.282. The van der Waals surface area contributed by atoms with Crippen molar-refractivity contribution in [3.05, 3.63) is 11.5 Å². The largest absolute Gasteiger partial charge is 0.508 e. The molecule has 0 aliphatic heterocycles. The first-order chi connectivity index (χ1) is 4.13. The molecule has 0 aromatic rings. The third-order valence-electron chi connectivity index (χ3n) is 1.45. The second-order valence-electron chi connectivity index (χ2n) is 2.26. The lowest BCUT2D eigenvalue weighted by molar-refractivity contribution is -0.120. The van der Waals surface area contributed by atoms with E-state index >= 15 is 0 Å². The normalized spacial score (nSPS) is 27.7. The maximum atomic E-state index is 10.6. The Kier molecular flexibility index (Phi) is 1.20. The average molecular weight is 128 g/mol. The van der Waals surface area contributed by atoms with Crippen molar-refractivity contribution >= 4 is 5.78 Å². The zero-order chi connectivity index (χ0) is 7.02. The minimum Gasteiger partial charge on any atom is -0.508 e. The Labute approximate surface area is 52.6 Å². The van der Waals surface area contributed by atoms with Crippen LogP contribution in [0.2, 0.25) is 0 Å². The van der Waals surface area contributed by atoms with Crippen molar-refractivity contribution in [3.8, 4) is 0 Å². The molecule has 0 aromatic heterocycles. The lowest BCUT2D eigenvalue weighted by atomic mass is 10.1. The van der Waals surface area contributed by atoms with Gasteiger partial charge in [-0.1, -0.05) is 6.92 Å². The van der Waals surface area contributed by atoms with Gasteiger partial charge in [-0.15, -0.1) is 0 Å². The summed E-state index contributed by atoms with van der Waals surface area (Å²) in [7, 11) is 0. The molecule has 0 heterocycles. The van der Waals surface area contributed by atoms with E-state index in [1.807, 2.05) is 0 Å². The van der Waals surface area contributed by atoms with Gasteiger partial charge in [0.25, 0.3) is 0 Å². The van der Waals surface area contributed by atoms with Crippen LogP contribution in [0.3, 0.4) is 0 Å². The molecule has 1 aliphatic rings. The van der Waals surface area contributed by atoms with Crippen LogP contribution in [0.5, 0.6) is 0 Å². The van der Waals surface area contributed by atoms with Crippen molar-refractivity contribution in [1.29, 1.82) is 0 Å². The van der Waals surface area contributed by atoms with E-state index in [2.05, 4.69) is 0 Å². The Balaban J connectivity index is 2.87. The van der Waals surface area contributed by atoms with Crippen molar-refractivity contribution in [2.45, 2.75) is 13.3 Å². The monoisotopic (exact) mass is 128 g/mol. The van der Waals surface area contributed by atoms with Gasteiger partial charge in [0.15, 0.2) is 5.76 Å². The summed E-state index contributed by atoms with van der Waals surface area (Å²) in [6.45, 7) is 1.67. The van der Waals surface area contributed by atoms with E-state index in [1.54, 1.807) is 6.92 Å². The van der Waals surface area contributed by atoms with E-state index in [-0.39, 0.29) is 23.9 Å². The van der Waals surface area contributed by atoms with Gasteiger partial charge in [0.05, 0.1) is 0 Å². The van der Waals surface area contributed by atoms with E-state index < -0.39 is 5.76 Å². The van der Waals surface area contributed by atoms with Gasteiger partial charge >= 0.3 is 0 Å². The predicted molar refractivity (Wildman–Crippen MR) is 31.1 cm³/mol. The lowest BCUT2D eigenvalue weighted by Gasteiger charge is -1.93. The molecular weight excluding hydrogens is 120 g/mol. The minimum atomic E-state index is -0.456. The summed E-state index contributed by atoms with van der Waals surface area (Å²) in [5.41, 5.74) is 0. The number of carbonyl (C=O) groups is 1. The van der Waals surface area contributed by atoms with Crippen molar-refractivity contribution in [1.82, 2.24) is 0 Å². The molecule has 0 amide bonds. The van der Waals surface area contributed by atoms with Gasteiger partial charge < -0.3 is 10.2 Å². The topological polar surface area (TPSA) is 57.5 Å². The zero-order valence-corrected chi connectivity index (χ0v) is 5.09. The van der Waals surface area contributed by atoms with Crippen LogP contribution in [-0.4, -0.2) is 16.0 Å². The fourth-order valence-corrected chi connectivity index (χ4v) is 0.855. The minimum absolute atomic E-state index is 0.174. The molecule has 3 nitrogen and oxygen atoms in total. The fourth-order valence-electron chi connectivity index (χ4n) is 0.855. The maximum Gasteiger partial charge on any atom is 0.203 e. The molecule has 50 valence electrons. The van der Waals surface area contributed by atoms with Gasteiger partial charge in [0.2, 0.25) is 5.78 Å². The molecule has 0 spiro atoms. The van der Waals surface area contributed by atoms with Gasteiger partial charge in [0.1, 0.15) is 5.76 Å². The molecule has 1 atom stereocenters. The van der Waals surface area contributed by atoms with E-state index in [4.69, 9.17) is 10.2 Å². The highest BCUT2D eigenvalue weighted by Crippen LogP contribution is 2.23. The van der Waals surface area contributed by atoms with Gasteiger partial charge in [0, 0.05) is 12.3 Å². The molecule has 0 aromatic carbocycles. The second-order valence-corrected chi connectivity index (χ2v) is 2.26. The summed E-state index contributed by atoms with van der Waals surface area (Å²) in [5.74, 6) is -1.23. The second kappa shape index (κ2) is 1.76. The van der Waals surface area contributed by atoms with E-state index in [9.17, 15) is 4.79 Å². The van der Waals surface area contributed by atoms with Crippen LogP contribution in [0.25, 0.3) is 0 Å². The molecule has 0 saturated carbocycles. The molecular formula is C6H8O3. The number of hydrogen-bond acceptors (Lipinski definition) is 3. The first-order valence-corrected chi connectivity index (χ1v) is 2.78. The number of aliphatic hydroxyl groups is 2. The molecule has 0 fully saturated rings. The van der Waals surface area contributed by atoms with E-state index in [0.29, 0.717) is 0 Å². The van der Waals surface area contributed by atoms with Crippen LogP contribution in [0, 0.1) is 5.92 Å². The van der Waals surface area contributed by atoms with Crippen LogP contribution < -0.4 is 0 Å². The Morgan fingerprint density at radius 2 is 2.11 bits per heavy atom. The lowest BCUT2D eigenvalue weighted by Crippen LogP contribution is -2.04. The standard InChI is InChI=1S/C6H8O3/c1-3-2-4(7)6(9)5(3)8/h3,7,9H,2H2,1H3. The molecule has 0 bridgehead atoms. The average Bonchev–Trinajstić information content (AvgIpc) is 1.98. The molecule has 1 rings (SSSR count). The first kappa shape index (κ1) is 6.13. The molecule has 3 heteroatoms. The SMILES string of the molecule is CC1CC(O)=C(O)C1=O. The van der Waals surface area contributed by atoms with Gasteiger partial charge in [-0.2, -0.15) is 0 Å². The highest BCUT2D eigenvalue weighted by atomic mass is 16.3. The van der Waals surface area contributed by atoms with Crippen molar-refractivity contribution in [2.75, 3.05) is 0 Å². The molecule has 0 radical (unpaired) electrons. The van der Waals surface area contributed by atoms with Gasteiger partial charge in [-0.05, 0) is 0 Å². The molecule has 0 saturated heterocycles.